The third-order valence-electron chi connectivity index (χ3n) is 4.06. The molecule has 0 fully saturated rings. The molecule has 0 bridgehead atoms. The molecule has 0 amide bonds. The van der Waals surface area contributed by atoms with E-state index in [1.54, 1.807) is 25.4 Å². The molecule has 4 nitrogen and oxygen atoms in total. The minimum absolute atomic E-state index is 0.0634. The van der Waals surface area contributed by atoms with Crippen LogP contribution in [0.2, 0.25) is 0 Å². The number of hydrogen-bond acceptors (Lipinski definition) is 5. The van der Waals surface area contributed by atoms with Gasteiger partial charge in [-0.2, -0.15) is 0 Å². The molecule has 2 aromatic carbocycles. The fourth-order valence-corrected chi connectivity index (χ4v) is 3.38. The Balaban J connectivity index is 1.83. The molecule has 0 atom stereocenters. The van der Waals surface area contributed by atoms with Gasteiger partial charge in [-0.1, -0.05) is 0 Å². The lowest BCUT2D eigenvalue weighted by atomic mass is 10.0. The van der Waals surface area contributed by atoms with Gasteiger partial charge in [-0.25, -0.2) is 4.98 Å². The van der Waals surface area contributed by atoms with Crippen molar-refractivity contribution < 1.29 is 9.53 Å². The van der Waals surface area contributed by atoms with Crippen LogP contribution in [0, 0.1) is 13.8 Å². The molecular weight excluding hydrogens is 332 g/mol. The second-order valence-electron chi connectivity index (χ2n) is 5.93. The number of carbonyl (C=O) groups excluding carboxylic acids is 1. The zero-order valence-corrected chi connectivity index (χ0v) is 15.5. The maximum atomic E-state index is 11.3. The summed E-state index contributed by atoms with van der Waals surface area (Å²) in [5, 5.41) is 6.15. The first kappa shape index (κ1) is 17.2. The number of ketones is 1. The van der Waals surface area contributed by atoms with Crippen LogP contribution in [0.5, 0.6) is 5.75 Å². The molecule has 0 aliphatic rings. The maximum absolute atomic E-state index is 11.3. The first-order chi connectivity index (χ1) is 12.0. The van der Waals surface area contributed by atoms with E-state index in [-0.39, 0.29) is 5.78 Å². The number of hydrogen-bond donors (Lipinski definition) is 1. The Morgan fingerprint density at radius 2 is 1.84 bits per heavy atom. The van der Waals surface area contributed by atoms with Gasteiger partial charge >= 0.3 is 0 Å². The minimum Gasteiger partial charge on any atom is -0.496 e. The summed E-state index contributed by atoms with van der Waals surface area (Å²) < 4.78 is 5.37. The number of aromatic nitrogens is 1. The molecule has 0 saturated heterocycles. The lowest BCUT2D eigenvalue weighted by molar-refractivity contribution is 0.101. The van der Waals surface area contributed by atoms with Crippen LogP contribution in [-0.4, -0.2) is 17.9 Å². The molecule has 0 spiro atoms. The monoisotopic (exact) mass is 352 g/mol. The number of aryl methyl sites for hydroxylation is 2. The Morgan fingerprint density at radius 3 is 2.48 bits per heavy atom. The molecule has 0 saturated carbocycles. The fourth-order valence-electron chi connectivity index (χ4n) is 2.65. The molecule has 0 radical (unpaired) electrons. The standard InChI is InChI=1S/C20H20N2O2S/c1-12-10-19(24-4)13(2)9-17(12)18-11-25-20(22-18)21-16-7-5-15(6-8-16)14(3)23/h5-11H,1-4H3,(H,21,22). The van der Waals surface area contributed by atoms with Crippen LogP contribution in [0.15, 0.2) is 41.8 Å². The van der Waals surface area contributed by atoms with Gasteiger partial charge in [0.25, 0.3) is 0 Å². The Bertz CT molecular complexity index is 914. The van der Waals surface area contributed by atoms with Gasteiger partial charge in [-0.15, -0.1) is 11.3 Å². The van der Waals surface area contributed by atoms with E-state index in [0.717, 1.165) is 39.0 Å². The second kappa shape index (κ2) is 7.07. The summed E-state index contributed by atoms with van der Waals surface area (Å²) in [6, 6.07) is 11.6. The van der Waals surface area contributed by atoms with Crippen molar-refractivity contribution in [1.82, 2.24) is 4.98 Å². The third kappa shape index (κ3) is 3.72. The van der Waals surface area contributed by atoms with E-state index >= 15 is 0 Å². The van der Waals surface area contributed by atoms with Gasteiger partial charge in [-0.05, 0) is 68.3 Å². The predicted octanol–water partition coefficient (Wildman–Crippen LogP) is 5.38. The maximum Gasteiger partial charge on any atom is 0.187 e. The van der Waals surface area contributed by atoms with Crippen molar-refractivity contribution in [3.63, 3.8) is 0 Å². The summed E-state index contributed by atoms with van der Waals surface area (Å²) in [5.74, 6) is 0.953. The Hall–Kier alpha value is -2.66. The van der Waals surface area contributed by atoms with Crippen LogP contribution in [0.3, 0.4) is 0 Å². The third-order valence-corrected chi connectivity index (χ3v) is 4.82. The summed E-state index contributed by atoms with van der Waals surface area (Å²) in [4.78, 5) is 16.0. The highest BCUT2D eigenvalue weighted by Crippen LogP contribution is 2.32. The first-order valence-corrected chi connectivity index (χ1v) is 8.85. The van der Waals surface area contributed by atoms with Crippen LogP contribution in [0.1, 0.15) is 28.4 Å². The van der Waals surface area contributed by atoms with Crippen LogP contribution in [0.25, 0.3) is 11.3 Å². The summed E-state index contributed by atoms with van der Waals surface area (Å²) in [5.41, 5.74) is 5.88. The van der Waals surface area contributed by atoms with Crippen molar-refractivity contribution in [2.45, 2.75) is 20.8 Å². The van der Waals surface area contributed by atoms with Crippen LogP contribution >= 0.6 is 11.3 Å². The number of ether oxygens (including phenoxy) is 1. The van der Waals surface area contributed by atoms with Crippen molar-refractivity contribution in [3.8, 4) is 17.0 Å². The molecule has 0 aliphatic heterocycles. The van der Waals surface area contributed by atoms with Crippen molar-refractivity contribution in [1.29, 1.82) is 0 Å². The summed E-state index contributed by atoms with van der Waals surface area (Å²) in [6.07, 6.45) is 0. The van der Waals surface area contributed by atoms with Gasteiger partial charge < -0.3 is 10.1 Å². The van der Waals surface area contributed by atoms with E-state index in [4.69, 9.17) is 9.72 Å². The molecular formula is C20H20N2O2S. The summed E-state index contributed by atoms with van der Waals surface area (Å²) >= 11 is 1.55. The van der Waals surface area contributed by atoms with Gasteiger partial charge in [-0.3, -0.25) is 4.79 Å². The summed E-state index contributed by atoms with van der Waals surface area (Å²) in [6.45, 7) is 5.66. The number of nitrogens with one attached hydrogen (secondary N) is 1. The largest absolute Gasteiger partial charge is 0.496 e. The SMILES string of the molecule is COc1cc(C)c(-c2csc(Nc3ccc(C(C)=O)cc3)n2)cc1C. The molecule has 1 aromatic heterocycles. The van der Waals surface area contributed by atoms with Gasteiger partial charge in [0.15, 0.2) is 10.9 Å². The van der Waals surface area contributed by atoms with E-state index in [1.165, 1.54) is 0 Å². The van der Waals surface area contributed by atoms with Gasteiger partial charge in [0.2, 0.25) is 0 Å². The molecule has 3 rings (SSSR count). The molecule has 3 aromatic rings. The van der Waals surface area contributed by atoms with Gasteiger partial charge in [0.05, 0.1) is 12.8 Å². The average Bonchev–Trinajstić information content (AvgIpc) is 3.05. The first-order valence-electron chi connectivity index (χ1n) is 7.97. The minimum atomic E-state index is 0.0634. The second-order valence-corrected chi connectivity index (χ2v) is 6.79. The van der Waals surface area contributed by atoms with Crippen LogP contribution in [-0.2, 0) is 0 Å². The fraction of sp³-hybridized carbons (Fsp3) is 0.200. The highest BCUT2D eigenvalue weighted by molar-refractivity contribution is 7.14. The van der Waals surface area contributed by atoms with E-state index in [2.05, 4.69) is 18.3 Å². The molecule has 128 valence electrons. The van der Waals surface area contributed by atoms with Crippen molar-refractivity contribution in [2.24, 2.45) is 0 Å². The van der Waals surface area contributed by atoms with Crippen molar-refractivity contribution in [3.05, 3.63) is 58.5 Å². The van der Waals surface area contributed by atoms with Gasteiger partial charge in [0, 0.05) is 22.2 Å². The van der Waals surface area contributed by atoms with Crippen molar-refractivity contribution >= 4 is 27.9 Å². The Kier molecular flexibility index (Phi) is 4.86. The number of carbonyl (C=O) groups is 1. The summed E-state index contributed by atoms with van der Waals surface area (Å²) in [7, 11) is 1.68. The van der Waals surface area contributed by atoms with Crippen LogP contribution < -0.4 is 10.1 Å². The number of rotatable bonds is 5. The molecule has 5 heteroatoms. The Labute approximate surface area is 151 Å². The lowest BCUT2D eigenvalue weighted by Gasteiger charge is -2.09. The molecule has 0 aliphatic carbocycles. The lowest BCUT2D eigenvalue weighted by Crippen LogP contribution is -1.94. The van der Waals surface area contributed by atoms with Crippen LogP contribution in [0.4, 0.5) is 10.8 Å². The van der Waals surface area contributed by atoms with E-state index in [1.807, 2.05) is 42.6 Å². The highest BCUT2D eigenvalue weighted by atomic mass is 32.1. The zero-order chi connectivity index (χ0) is 18.0. The molecule has 1 heterocycles. The van der Waals surface area contributed by atoms with E-state index < -0.39 is 0 Å². The smallest absolute Gasteiger partial charge is 0.187 e. The normalized spacial score (nSPS) is 10.6. The number of thiazole rings is 1. The zero-order valence-electron chi connectivity index (χ0n) is 14.7. The molecule has 1 N–H and O–H groups in total. The quantitative estimate of drug-likeness (QED) is 0.626. The molecule has 25 heavy (non-hydrogen) atoms. The van der Waals surface area contributed by atoms with Crippen molar-refractivity contribution in [2.75, 3.05) is 12.4 Å². The average molecular weight is 352 g/mol. The topological polar surface area (TPSA) is 51.2 Å². The number of nitrogens with zero attached hydrogens (tertiary/aromatic N) is 1. The number of methoxy groups -OCH3 is 1. The predicted molar refractivity (Wildman–Crippen MR) is 103 cm³/mol. The highest BCUT2D eigenvalue weighted by Gasteiger charge is 2.11. The Morgan fingerprint density at radius 1 is 1.12 bits per heavy atom. The van der Waals surface area contributed by atoms with E-state index in [0.29, 0.717) is 5.56 Å². The molecule has 0 unspecified atom stereocenters. The number of Topliss-reactive ketones (excluding diaryl/α,β-unsaturated/α-hetero) is 1. The number of anilines is 2. The van der Waals surface area contributed by atoms with Gasteiger partial charge in [0.1, 0.15) is 5.75 Å². The number of benzene rings is 2. The van der Waals surface area contributed by atoms with E-state index in [9.17, 15) is 4.79 Å².